The van der Waals surface area contributed by atoms with Gasteiger partial charge in [0.1, 0.15) is 0 Å². The van der Waals surface area contributed by atoms with E-state index in [1.54, 1.807) is 6.92 Å². The van der Waals surface area contributed by atoms with Crippen molar-refractivity contribution in [2.75, 3.05) is 12.3 Å². The Morgan fingerprint density at radius 1 is 1.50 bits per heavy atom. The molecule has 0 saturated heterocycles. The van der Waals surface area contributed by atoms with Crippen LogP contribution < -0.4 is 5.73 Å². The van der Waals surface area contributed by atoms with Gasteiger partial charge in [0.25, 0.3) is 0 Å². The summed E-state index contributed by atoms with van der Waals surface area (Å²) in [7, 11) is 0. The first-order valence-corrected chi connectivity index (χ1v) is 4.64. The summed E-state index contributed by atoms with van der Waals surface area (Å²) in [5.74, 6) is -0.233. The van der Waals surface area contributed by atoms with E-state index in [1.807, 2.05) is 25.1 Å². The lowest BCUT2D eigenvalue weighted by atomic mass is 10.1. The highest BCUT2D eigenvalue weighted by Gasteiger charge is 2.06. The van der Waals surface area contributed by atoms with Gasteiger partial charge in [-0.05, 0) is 31.0 Å². The van der Waals surface area contributed by atoms with Crippen LogP contribution in [-0.2, 0) is 16.0 Å². The first-order valence-electron chi connectivity index (χ1n) is 4.64. The van der Waals surface area contributed by atoms with Gasteiger partial charge in [-0.3, -0.25) is 4.79 Å². The van der Waals surface area contributed by atoms with Crippen molar-refractivity contribution in [3.63, 3.8) is 0 Å². The number of nitrogens with two attached hydrogens (primary N) is 1. The third-order valence-electron chi connectivity index (χ3n) is 1.94. The maximum atomic E-state index is 11.2. The molecule has 0 aromatic heterocycles. The third kappa shape index (κ3) is 2.76. The van der Waals surface area contributed by atoms with Crippen LogP contribution in [0.2, 0.25) is 0 Å². The average molecular weight is 193 g/mol. The lowest BCUT2D eigenvalue weighted by Crippen LogP contribution is -2.09. The van der Waals surface area contributed by atoms with E-state index in [0.29, 0.717) is 12.3 Å². The molecule has 1 aromatic carbocycles. The number of benzene rings is 1. The Kier molecular flexibility index (Phi) is 3.51. The molecule has 3 heteroatoms. The molecule has 2 N–H and O–H groups in total. The minimum absolute atomic E-state index is 0.233. The largest absolute Gasteiger partial charge is 0.466 e. The van der Waals surface area contributed by atoms with Crippen molar-refractivity contribution in [2.24, 2.45) is 0 Å². The monoisotopic (exact) mass is 193 g/mol. The Morgan fingerprint density at radius 2 is 2.21 bits per heavy atom. The number of carbonyl (C=O) groups excluding carboxylic acids is 1. The number of anilines is 1. The number of ether oxygens (including phenoxy) is 1. The number of carbonyl (C=O) groups is 1. The van der Waals surface area contributed by atoms with E-state index in [4.69, 9.17) is 10.5 Å². The normalized spacial score (nSPS) is 9.86. The molecule has 0 amide bonds. The quantitative estimate of drug-likeness (QED) is 0.587. The zero-order valence-corrected chi connectivity index (χ0v) is 8.54. The second-order valence-corrected chi connectivity index (χ2v) is 3.18. The highest BCUT2D eigenvalue weighted by atomic mass is 16.5. The topological polar surface area (TPSA) is 52.3 Å². The Morgan fingerprint density at radius 3 is 2.79 bits per heavy atom. The fourth-order valence-corrected chi connectivity index (χ4v) is 1.24. The molecule has 3 nitrogen and oxygen atoms in total. The summed E-state index contributed by atoms with van der Waals surface area (Å²) in [6.07, 6.45) is 0.250. The van der Waals surface area contributed by atoms with Crippen molar-refractivity contribution in [2.45, 2.75) is 20.3 Å². The molecule has 0 aliphatic heterocycles. The van der Waals surface area contributed by atoms with Gasteiger partial charge in [-0.1, -0.05) is 12.1 Å². The third-order valence-corrected chi connectivity index (χ3v) is 1.94. The van der Waals surface area contributed by atoms with Gasteiger partial charge in [-0.2, -0.15) is 0 Å². The van der Waals surface area contributed by atoms with Crippen molar-refractivity contribution in [1.82, 2.24) is 0 Å². The van der Waals surface area contributed by atoms with Crippen LogP contribution in [0.4, 0.5) is 5.69 Å². The molecule has 0 spiro atoms. The van der Waals surface area contributed by atoms with Gasteiger partial charge >= 0.3 is 5.97 Å². The predicted octanol–water partition coefficient (Wildman–Crippen LogP) is 1.68. The van der Waals surface area contributed by atoms with Crippen molar-refractivity contribution in [1.29, 1.82) is 0 Å². The molecule has 76 valence electrons. The van der Waals surface area contributed by atoms with Gasteiger partial charge in [0.05, 0.1) is 13.0 Å². The van der Waals surface area contributed by atoms with Gasteiger partial charge in [0.15, 0.2) is 0 Å². The average Bonchev–Trinajstić information content (AvgIpc) is 2.10. The molecule has 0 aliphatic rings. The standard InChI is InChI=1S/C11H15NO2/c1-3-14-11(13)7-9-5-4-8(2)6-10(9)12/h4-6H,3,7,12H2,1-2H3. The Hall–Kier alpha value is -1.51. The number of hydrogen-bond donors (Lipinski definition) is 1. The van der Waals surface area contributed by atoms with E-state index >= 15 is 0 Å². The summed E-state index contributed by atoms with van der Waals surface area (Å²) in [5, 5.41) is 0. The first kappa shape index (κ1) is 10.6. The van der Waals surface area contributed by atoms with E-state index in [-0.39, 0.29) is 12.4 Å². The smallest absolute Gasteiger partial charge is 0.310 e. The van der Waals surface area contributed by atoms with Gasteiger partial charge in [-0.25, -0.2) is 0 Å². The summed E-state index contributed by atoms with van der Waals surface area (Å²) in [4.78, 5) is 11.2. The first-order chi connectivity index (χ1) is 6.63. The molecule has 1 aromatic rings. The molecular formula is C11H15NO2. The lowest BCUT2D eigenvalue weighted by Gasteiger charge is -2.05. The molecule has 0 radical (unpaired) electrons. The summed E-state index contributed by atoms with van der Waals surface area (Å²) >= 11 is 0. The van der Waals surface area contributed by atoms with Gasteiger partial charge < -0.3 is 10.5 Å². The molecule has 0 saturated carbocycles. The molecule has 0 bridgehead atoms. The SMILES string of the molecule is CCOC(=O)Cc1ccc(C)cc1N. The van der Waals surface area contributed by atoms with Crippen LogP contribution in [0.5, 0.6) is 0 Å². The van der Waals surface area contributed by atoms with E-state index in [0.717, 1.165) is 11.1 Å². The Bertz CT molecular complexity index is 334. The van der Waals surface area contributed by atoms with Crippen molar-refractivity contribution < 1.29 is 9.53 Å². The number of esters is 1. The minimum atomic E-state index is -0.233. The second kappa shape index (κ2) is 4.65. The molecule has 0 aliphatic carbocycles. The Labute approximate surface area is 83.9 Å². The van der Waals surface area contributed by atoms with Crippen LogP contribution in [0.3, 0.4) is 0 Å². The maximum absolute atomic E-state index is 11.2. The highest BCUT2D eigenvalue weighted by molar-refractivity contribution is 5.74. The highest BCUT2D eigenvalue weighted by Crippen LogP contribution is 2.14. The molecule has 0 atom stereocenters. The number of nitrogen functional groups attached to an aromatic ring is 1. The van der Waals surface area contributed by atoms with E-state index in [1.165, 1.54) is 0 Å². The predicted molar refractivity (Wildman–Crippen MR) is 55.9 cm³/mol. The van der Waals surface area contributed by atoms with E-state index in [9.17, 15) is 4.79 Å². The summed E-state index contributed by atoms with van der Waals surface area (Å²) in [6.45, 7) is 4.16. The number of hydrogen-bond acceptors (Lipinski definition) is 3. The van der Waals surface area contributed by atoms with Gasteiger partial charge in [0.2, 0.25) is 0 Å². The molecule has 14 heavy (non-hydrogen) atoms. The maximum Gasteiger partial charge on any atom is 0.310 e. The zero-order chi connectivity index (χ0) is 10.6. The van der Waals surface area contributed by atoms with E-state index in [2.05, 4.69) is 0 Å². The van der Waals surface area contributed by atoms with Crippen molar-refractivity contribution in [3.05, 3.63) is 29.3 Å². The lowest BCUT2D eigenvalue weighted by molar-refractivity contribution is -0.142. The van der Waals surface area contributed by atoms with E-state index < -0.39 is 0 Å². The van der Waals surface area contributed by atoms with Crippen LogP contribution in [0.25, 0.3) is 0 Å². The fourth-order valence-electron chi connectivity index (χ4n) is 1.24. The van der Waals surface area contributed by atoms with Crippen LogP contribution in [0.1, 0.15) is 18.1 Å². The second-order valence-electron chi connectivity index (χ2n) is 3.18. The zero-order valence-electron chi connectivity index (χ0n) is 8.54. The molecular weight excluding hydrogens is 178 g/mol. The molecule has 0 unspecified atom stereocenters. The van der Waals surface area contributed by atoms with Crippen LogP contribution in [-0.4, -0.2) is 12.6 Å². The number of rotatable bonds is 3. The summed E-state index contributed by atoms with van der Waals surface area (Å²) in [5.41, 5.74) is 8.33. The van der Waals surface area contributed by atoms with Crippen molar-refractivity contribution in [3.8, 4) is 0 Å². The Balaban J connectivity index is 2.72. The molecule has 0 fully saturated rings. The van der Waals surface area contributed by atoms with Crippen molar-refractivity contribution >= 4 is 11.7 Å². The van der Waals surface area contributed by atoms with Crippen LogP contribution in [0, 0.1) is 6.92 Å². The van der Waals surface area contributed by atoms with Gasteiger partial charge in [-0.15, -0.1) is 0 Å². The summed E-state index contributed by atoms with van der Waals surface area (Å²) < 4.78 is 4.84. The van der Waals surface area contributed by atoms with Crippen LogP contribution in [0.15, 0.2) is 18.2 Å². The minimum Gasteiger partial charge on any atom is -0.466 e. The molecule has 1 rings (SSSR count). The molecule has 0 heterocycles. The van der Waals surface area contributed by atoms with Crippen LogP contribution >= 0.6 is 0 Å². The summed E-state index contributed by atoms with van der Waals surface area (Å²) in [6, 6.07) is 5.65. The number of aryl methyl sites for hydroxylation is 1. The fraction of sp³-hybridized carbons (Fsp3) is 0.364. The van der Waals surface area contributed by atoms with Gasteiger partial charge in [0, 0.05) is 5.69 Å².